The molecule has 0 aromatic heterocycles. The SMILES string of the molecule is Nc1c(C(F)(F)F)ccc(Br)c1C(=O)O. The van der Waals surface area contributed by atoms with Gasteiger partial charge in [0.15, 0.2) is 0 Å². The van der Waals surface area contributed by atoms with Crippen molar-refractivity contribution in [3.05, 3.63) is 27.7 Å². The Hall–Kier alpha value is -1.24. The number of hydrogen-bond acceptors (Lipinski definition) is 2. The fraction of sp³-hybridized carbons (Fsp3) is 0.125. The zero-order valence-electron chi connectivity index (χ0n) is 7.10. The molecule has 0 aliphatic carbocycles. The maximum Gasteiger partial charge on any atom is 0.418 e. The molecule has 0 fully saturated rings. The maximum atomic E-state index is 12.3. The van der Waals surface area contributed by atoms with E-state index >= 15 is 0 Å². The van der Waals surface area contributed by atoms with E-state index in [0.717, 1.165) is 12.1 Å². The number of carboxylic acid groups (broad SMARTS) is 1. The van der Waals surface area contributed by atoms with Crippen molar-refractivity contribution in [1.29, 1.82) is 0 Å². The van der Waals surface area contributed by atoms with Gasteiger partial charge < -0.3 is 10.8 Å². The Morgan fingerprint density at radius 3 is 2.33 bits per heavy atom. The molecule has 0 heterocycles. The molecule has 7 heteroatoms. The van der Waals surface area contributed by atoms with Crippen LogP contribution in [0.5, 0.6) is 0 Å². The van der Waals surface area contributed by atoms with Crippen molar-refractivity contribution < 1.29 is 23.1 Å². The van der Waals surface area contributed by atoms with Crippen molar-refractivity contribution in [3.63, 3.8) is 0 Å². The average molecular weight is 284 g/mol. The van der Waals surface area contributed by atoms with Crippen LogP contribution in [0.15, 0.2) is 16.6 Å². The van der Waals surface area contributed by atoms with Crippen LogP contribution in [0.2, 0.25) is 0 Å². The van der Waals surface area contributed by atoms with Crippen molar-refractivity contribution in [2.75, 3.05) is 5.73 Å². The highest BCUT2D eigenvalue weighted by atomic mass is 79.9. The third kappa shape index (κ3) is 2.23. The van der Waals surface area contributed by atoms with Crippen molar-refractivity contribution in [3.8, 4) is 0 Å². The standard InChI is InChI=1S/C8H5BrF3NO2/c9-4-2-1-3(8(10,11)12)6(13)5(4)7(14)15/h1-2H,13H2,(H,14,15). The topological polar surface area (TPSA) is 63.3 Å². The van der Waals surface area contributed by atoms with E-state index in [9.17, 15) is 18.0 Å². The number of nitrogens with two attached hydrogens (primary N) is 1. The first-order valence-corrected chi connectivity index (χ1v) is 4.43. The zero-order valence-corrected chi connectivity index (χ0v) is 8.69. The van der Waals surface area contributed by atoms with Crippen LogP contribution < -0.4 is 5.73 Å². The van der Waals surface area contributed by atoms with E-state index in [1.807, 2.05) is 0 Å². The molecule has 15 heavy (non-hydrogen) atoms. The lowest BCUT2D eigenvalue weighted by atomic mass is 10.1. The Bertz CT molecular complexity index is 417. The maximum absolute atomic E-state index is 12.3. The summed E-state index contributed by atoms with van der Waals surface area (Å²) in [5.74, 6) is -1.51. The van der Waals surface area contributed by atoms with Gasteiger partial charge in [-0.3, -0.25) is 0 Å². The molecule has 1 aromatic rings. The van der Waals surface area contributed by atoms with E-state index in [0.29, 0.717) is 0 Å². The number of benzene rings is 1. The first-order valence-electron chi connectivity index (χ1n) is 3.63. The molecule has 0 bridgehead atoms. The van der Waals surface area contributed by atoms with E-state index in [4.69, 9.17) is 10.8 Å². The Morgan fingerprint density at radius 1 is 1.40 bits per heavy atom. The number of halogens is 4. The molecule has 0 spiro atoms. The second-order valence-corrected chi connectivity index (χ2v) is 3.54. The van der Waals surface area contributed by atoms with E-state index in [1.165, 1.54) is 0 Å². The Labute approximate surface area is 90.8 Å². The highest BCUT2D eigenvalue weighted by Gasteiger charge is 2.35. The molecule has 0 aliphatic rings. The molecule has 0 amide bonds. The molecular formula is C8H5BrF3NO2. The predicted octanol–water partition coefficient (Wildman–Crippen LogP) is 2.75. The molecule has 0 saturated carbocycles. The highest BCUT2D eigenvalue weighted by Crippen LogP contribution is 2.37. The van der Waals surface area contributed by atoms with Crippen LogP contribution >= 0.6 is 15.9 Å². The minimum atomic E-state index is -4.66. The van der Waals surface area contributed by atoms with Crippen LogP contribution in [-0.2, 0) is 6.18 Å². The summed E-state index contributed by atoms with van der Waals surface area (Å²) in [7, 11) is 0. The molecule has 1 aromatic carbocycles. The van der Waals surface area contributed by atoms with E-state index in [-0.39, 0.29) is 4.47 Å². The van der Waals surface area contributed by atoms with E-state index in [2.05, 4.69) is 15.9 Å². The van der Waals surface area contributed by atoms with Gasteiger partial charge in [0, 0.05) is 4.47 Å². The summed E-state index contributed by atoms with van der Waals surface area (Å²) in [4.78, 5) is 10.6. The van der Waals surface area contributed by atoms with Gasteiger partial charge in [0.05, 0.1) is 16.8 Å². The molecule has 3 nitrogen and oxygen atoms in total. The van der Waals surface area contributed by atoms with Crippen LogP contribution in [0.25, 0.3) is 0 Å². The number of carboxylic acids is 1. The summed E-state index contributed by atoms with van der Waals surface area (Å²) in [6, 6.07) is 1.73. The fourth-order valence-electron chi connectivity index (χ4n) is 1.06. The Morgan fingerprint density at radius 2 is 1.93 bits per heavy atom. The van der Waals surface area contributed by atoms with Crippen LogP contribution in [-0.4, -0.2) is 11.1 Å². The molecule has 3 N–H and O–H groups in total. The summed E-state index contributed by atoms with van der Waals surface area (Å²) in [5, 5.41) is 8.66. The number of alkyl halides is 3. The molecule has 1 rings (SSSR count). The van der Waals surface area contributed by atoms with Gasteiger partial charge >= 0.3 is 12.1 Å². The predicted molar refractivity (Wildman–Crippen MR) is 50.5 cm³/mol. The van der Waals surface area contributed by atoms with Gasteiger partial charge in [-0.05, 0) is 28.1 Å². The van der Waals surface area contributed by atoms with Gasteiger partial charge in [-0.2, -0.15) is 13.2 Å². The van der Waals surface area contributed by atoms with Crippen molar-refractivity contribution in [2.45, 2.75) is 6.18 Å². The largest absolute Gasteiger partial charge is 0.478 e. The lowest BCUT2D eigenvalue weighted by molar-refractivity contribution is -0.136. The first-order chi connectivity index (χ1) is 6.75. The molecule has 0 radical (unpaired) electrons. The molecule has 0 atom stereocenters. The van der Waals surface area contributed by atoms with Gasteiger partial charge in [0.2, 0.25) is 0 Å². The van der Waals surface area contributed by atoms with Crippen LogP contribution in [0.4, 0.5) is 18.9 Å². The monoisotopic (exact) mass is 283 g/mol. The van der Waals surface area contributed by atoms with Crippen molar-refractivity contribution in [1.82, 2.24) is 0 Å². The molecule has 0 aliphatic heterocycles. The normalized spacial score (nSPS) is 11.5. The molecular weight excluding hydrogens is 279 g/mol. The number of hydrogen-bond donors (Lipinski definition) is 2. The second-order valence-electron chi connectivity index (χ2n) is 2.69. The third-order valence-electron chi connectivity index (χ3n) is 1.71. The van der Waals surface area contributed by atoms with E-state index < -0.39 is 29.0 Å². The van der Waals surface area contributed by atoms with Gasteiger partial charge in [0.1, 0.15) is 0 Å². The zero-order chi connectivity index (χ0) is 11.8. The number of nitrogen functional groups attached to an aromatic ring is 1. The van der Waals surface area contributed by atoms with Gasteiger partial charge in [-0.1, -0.05) is 0 Å². The van der Waals surface area contributed by atoms with Crippen molar-refractivity contribution >= 4 is 27.6 Å². The average Bonchev–Trinajstić information content (AvgIpc) is 2.00. The molecule has 0 unspecified atom stereocenters. The summed E-state index contributed by atoms with van der Waals surface area (Å²) in [5.41, 5.74) is 2.62. The summed E-state index contributed by atoms with van der Waals surface area (Å²) in [6.45, 7) is 0. The summed E-state index contributed by atoms with van der Waals surface area (Å²) >= 11 is 2.82. The summed E-state index contributed by atoms with van der Waals surface area (Å²) < 4.78 is 37.0. The number of rotatable bonds is 1. The minimum absolute atomic E-state index is 0.0144. The quantitative estimate of drug-likeness (QED) is 0.779. The Balaban J connectivity index is 3.49. The fourth-order valence-corrected chi connectivity index (χ4v) is 1.57. The van der Waals surface area contributed by atoms with Gasteiger partial charge in [-0.25, -0.2) is 4.79 Å². The lowest BCUT2D eigenvalue weighted by Gasteiger charge is -2.12. The van der Waals surface area contributed by atoms with Gasteiger partial charge in [0.25, 0.3) is 0 Å². The molecule has 82 valence electrons. The van der Waals surface area contributed by atoms with Gasteiger partial charge in [-0.15, -0.1) is 0 Å². The highest BCUT2D eigenvalue weighted by molar-refractivity contribution is 9.10. The van der Waals surface area contributed by atoms with Crippen LogP contribution in [0, 0.1) is 0 Å². The Kier molecular flexibility index (Phi) is 2.94. The molecule has 0 saturated heterocycles. The second kappa shape index (κ2) is 3.73. The van der Waals surface area contributed by atoms with E-state index in [1.54, 1.807) is 0 Å². The minimum Gasteiger partial charge on any atom is -0.478 e. The first kappa shape index (κ1) is 11.8. The van der Waals surface area contributed by atoms with Crippen LogP contribution in [0.3, 0.4) is 0 Å². The lowest BCUT2D eigenvalue weighted by Crippen LogP contribution is -2.13. The summed E-state index contributed by atoms with van der Waals surface area (Å²) in [6.07, 6.45) is -4.66. The third-order valence-corrected chi connectivity index (χ3v) is 2.37. The van der Waals surface area contributed by atoms with Crippen LogP contribution in [0.1, 0.15) is 15.9 Å². The number of aromatic carboxylic acids is 1. The smallest absolute Gasteiger partial charge is 0.418 e. The number of carbonyl (C=O) groups is 1. The number of anilines is 1. The van der Waals surface area contributed by atoms with Crippen molar-refractivity contribution in [2.24, 2.45) is 0 Å².